The third kappa shape index (κ3) is 4.74. The van der Waals surface area contributed by atoms with Crippen molar-refractivity contribution in [1.82, 2.24) is 19.8 Å². The third-order valence-corrected chi connectivity index (χ3v) is 10.1. The minimum Gasteiger partial charge on any atom is -0.461 e. The summed E-state index contributed by atoms with van der Waals surface area (Å²) in [5.74, 6) is 0.331. The van der Waals surface area contributed by atoms with Gasteiger partial charge in [0.2, 0.25) is 5.91 Å². The van der Waals surface area contributed by atoms with Crippen molar-refractivity contribution >= 4 is 22.6 Å². The van der Waals surface area contributed by atoms with E-state index in [9.17, 15) is 4.79 Å². The second kappa shape index (κ2) is 11.0. The standard InChI is InChI=1S/C34H40FN5O2/c1-3-31(41)38-17-18-40(23(2)21-38)32-28-19-29(35)27(26-12-6-10-24-9-4-5-11-25(24)26)20-30(28)36-33(37-32)42-22-34-13-7-15-39(34)16-8-14-34/h3,6,10,12,19-20,23H,1,4-5,7-9,11,13-18,21-22H2,2H3/t23-/m0/s1. The number of aromatic nitrogens is 2. The highest BCUT2D eigenvalue weighted by Crippen LogP contribution is 2.40. The first-order valence-corrected chi connectivity index (χ1v) is 15.6. The molecule has 0 N–H and O–H groups in total. The van der Waals surface area contributed by atoms with E-state index in [1.54, 1.807) is 11.0 Å². The minimum absolute atomic E-state index is 0.0174. The number of anilines is 1. The van der Waals surface area contributed by atoms with E-state index < -0.39 is 0 Å². The Morgan fingerprint density at radius 3 is 2.67 bits per heavy atom. The Balaban J connectivity index is 1.30. The summed E-state index contributed by atoms with van der Waals surface area (Å²) in [5.41, 5.74) is 4.88. The van der Waals surface area contributed by atoms with Crippen molar-refractivity contribution in [3.05, 3.63) is 59.9 Å². The molecule has 7 nitrogen and oxygen atoms in total. The van der Waals surface area contributed by atoms with Crippen molar-refractivity contribution in [2.45, 2.75) is 69.9 Å². The Morgan fingerprint density at radius 2 is 1.88 bits per heavy atom. The lowest BCUT2D eigenvalue weighted by Crippen LogP contribution is -2.53. The van der Waals surface area contributed by atoms with Crippen molar-refractivity contribution in [2.75, 3.05) is 44.2 Å². The molecule has 0 saturated carbocycles. The number of hydrogen-bond acceptors (Lipinski definition) is 6. The highest BCUT2D eigenvalue weighted by Gasteiger charge is 2.45. The first-order valence-electron chi connectivity index (χ1n) is 15.6. The number of aryl methyl sites for hydroxylation is 1. The zero-order valence-corrected chi connectivity index (χ0v) is 24.6. The van der Waals surface area contributed by atoms with E-state index in [0.717, 1.165) is 50.8 Å². The van der Waals surface area contributed by atoms with Crippen LogP contribution < -0.4 is 9.64 Å². The molecule has 3 fully saturated rings. The van der Waals surface area contributed by atoms with Crippen LogP contribution in [0.3, 0.4) is 0 Å². The number of hydrogen-bond donors (Lipinski definition) is 0. The SMILES string of the molecule is C=CC(=O)N1CCN(c2nc(OCC34CCCN3CCC4)nc3cc(-c4cccc5c4CCCC5)c(F)cc23)[C@@H](C)C1. The summed E-state index contributed by atoms with van der Waals surface area (Å²) in [6, 6.07) is 10.1. The van der Waals surface area contributed by atoms with Gasteiger partial charge in [-0.1, -0.05) is 24.8 Å². The molecule has 0 unspecified atom stereocenters. The molecule has 1 aromatic heterocycles. The van der Waals surface area contributed by atoms with Gasteiger partial charge in [0.05, 0.1) is 11.1 Å². The number of halogens is 1. The summed E-state index contributed by atoms with van der Waals surface area (Å²) < 4.78 is 22.5. The molecule has 8 heteroatoms. The highest BCUT2D eigenvalue weighted by atomic mass is 19.1. The largest absolute Gasteiger partial charge is 0.461 e. The minimum atomic E-state index is -0.264. The van der Waals surface area contributed by atoms with Crippen LogP contribution in [0.5, 0.6) is 6.01 Å². The number of benzene rings is 2. The molecule has 4 aliphatic rings. The number of amides is 1. The second-order valence-electron chi connectivity index (χ2n) is 12.6. The Bertz CT molecular complexity index is 1530. The van der Waals surface area contributed by atoms with E-state index in [4.69, 9.17) is 14.7 Å². The third-order valence-electron chi connectivity index (χ3n) is 10.1. The molecule has 0 bridgehead atoms. The monoisotopic (exact) mass is 569 g/mol. The maximum absolute atomic E-state index is 16.1. The Kier molecular flexibility index (Phi) is 7.13. The molecule has 7 rings (SSSR count). The number of carbonyl (C=O) groups excluding carboxylic acids is 1. The van der Waals surface area contributed by atoms with Crippen LogP contribution in [0.25, 0.3) is 22.0 Å². The summed E-state index contributed by atoms with van der Waals surface area (Å²) in [7, 11) is 0. The van der Waals surface area contributed by atoms with Crippen molar-refractivity contribution in [1.29, 1.82) is 0 Å². The van der Waals surface area contributed by atoms with Crippen LogP contribution in [0.15, 0.2) is 43.0 Å². The summed E-state index contributed by atoms with van der Waals surface area (Å²) in [6.07, 6.45) is 10.3. The van der Waals surface area contributed by atoms with E-state index in [1.807, 2.05) is 18.2 Å². The number of ether oxygens (including phenoxy) is 1. The van der Waals surface area contributed by atoms with Gasteiger partial charge in [-0.3, -0.25) is 9.69 Å². The fraction of sp³-hybridized carbons (Fsp3) is 0.500. The maximum atomic E-state index is 16.1. The average Bonchev–Trinajstić information content (AvgIpc) is 3.60. The van der Waals surface area contributed by atoms with Gasteiger partial charge in [-0.2, -0.15) is 9.97 Å². The van der Waals surface area contributed by atoms with E-state index in [-0.39, 0.29) is 23.3 Å². The first-order chi connectivity index (χ1) is 20.5. The van der Waals surface area contributed by atoms with E-state index in [0.29, 0.717) is 54.5 Å². The van der Waals surface area contributed by atoms with Gasteiger partial charge in [0.1, 0.15) is 18.2 Å². The van der Waals surface area contributed by atoms with Crippen molar-refractivity contribution in [2.24, 2.45) is 0 Å². The molecule has 2 aromatic carbocycles. The Morgan fingerprint density at radius 1 is 1.07 bits per heavy atom. The van der Waals surface area contributed by atoms with E-state index in [1.165, 1.54) is 36.5 Å². The van der Waals surface area contributed by atoms with Gasteiger partial charge in [0.25, 0.3) is 0 Å². The zero-order chi connectivity index (χ0) is 28.8. The molecule has 42 heavy (non-hydrogen) atoms. The highest BCUT2D eigenvalue weighted by molar-refractivity contribution is 5.94. The number of nitrogens with zero attached hydrogens (tertiary/aromatic N) is 5. The van der Waals surface area contributed by atoms with Crippen molar-refractivity contribution in [3.8, 4) is 17.1 Å². The van der Waals surface area contributed by atoms with Crippen LogP contribution in [-0.2, 0) is 17.6 Å². The topological polar surface area (TPSA) is 61.8 Å². The first kappa shape index (κ1) is 27.3. The van der Waals surface area contributed by atoms with Crippen LogP contribution in [0, 0.1) is 5.82 Å². The quantitative estimate of drug-likeness (QED) is 0.363. The van der Waals surface area contributed by atoms with Gasteiger partial charge in [-0.05, 0) is 106 Å². The van der Waals surface area contributed by atoms with E-state index in [2.05, 4.69) is 29.4 Å². The maximum Gasteiger partial charge on any atom is 0.319 e. The van der Waals surface area contributed by atoms with Crippen LogP contribution in [0.1, 0.15) is 56.6 Å². The lowest BCUT2D eigenvalue weighted by molar-refractivity contribution is -0.126. The lowest BCUT2D eigenvalue weighted by Gasteiger charge is -2.40. The molecule has 1 amide bonds. The summed E-state index contributed by atoms with van der Waals surface area (Å²) in [4.78, 5) is 28.7. The fourth-order valence-corrected chi connectivity index (χ4v) is 7.90. The molecular weight excluding hydrogens is 529 g/mol. The predicted molar refractivity (Wildman–Crippen MR) is 163 cm³/mol. The molecule has 3 saturated heterocycles. The van der Waals surface area contributed by atoms with Crippen LogP contribution in [-0.4, -0.2) is 76.6 Å². The predicted octanol–water partition coefficient (Wildman–Crippen LogP) is 5.55. The molecule has 1 atom stereocenters. The Labute approximate surface area is 247 Å². The molecule has 3 aromatic rings. The molecule has 0 spiro atoms. The van der Waals surface area contributed by atoms with Crippen LogP contribution in [0.4, 0.5) is 10.2 Å². The summed E-state index contributed by atoms with van der Waals surface area (Å²) >= 11 is 0. The summed E-state index contributed by atoms with van der Waals surface area (Å²) in [6.45, 7) is 10.2. The van der Waals surface area contributed by atoms with Gasteiger partial charge >= 0.3 is 6.01 Å². The molecule has 4 heterocycles. The average molecular weight is 570 g/mol. The van der Waals surface area contributed by atoms with Crippen molar-refractivity contribution < 1.29 is 13.9 Å². The van der Waals surface area contributed by atoms with Gasteiger partial charge in [-0.15, -0.1) is 0 Å². The molecular formula is C34H40FN5O2. The Hall–Kier alpha value is -3.52. The normalized spacial score (nSPS) is 21.8. The molecule has 3 aliphatic heterocycles. The number of piperazine rings is 1. The van der Waals surface area contributed by atoms with Gasteiger partial charge < -0.3 is 14.5 Å². The smallest absolute Gasteiger partial charge is 0.319 e. The van der Waals surface area contributed by atoms with Crippen LogP contribution >= 0.6 is 0 Å². The van der Waals surface area contributed by atoms with Gasteiger partial charge in [0, 0.05) is 36.6 Å². The molecule has 220 valence electrons. The van der Waals surface area contributed by atoms with Gasteiger partial charge in [-0.25, -0.2) is 4.39 Å². The second-order valence-corrected chi connectivity index (χ2v) is 12.6. The number of fused-ring (bicyclic) bond motifs is 3. The van der Waals surface area contributed by atoms with Crippen molar-refractivity contribution in [3.63, 3.8) is 0 Å². The fourth-order valence-electron chi connectivity index (χ4n) is 7.90. The van der Waals surface area contributed by atoms with E-state index >= 15 is 4.39 Å². The molecule has 1 aliphatic carbocycles. The zero-order valence-electron chi connectivity index (χ0n) is 24.6. The number of rotatable bonds is 6. The van der Waals surface area contributed by atoms with Gasteiger partial charge in [0.15, 0.2) is 0 Å². The van der Waals surface area contributed by atoms with Crippen LogP contribution in [0.2, 0.25) is 0 Å². The summed E-state index contributed by atoms with van der Waals surface area (Å²) in [5, 5.41) is 0.672. The lowest BCUT2D eigenvalue weighted by atomic mass is 9.85. The number of carbonyl (C=O) groups is 1. The molecule has 0 radical (unpaired) electrons.